The number of carbonyl (C=O) groups excluding carboxylic acids is 1. The Hall–Kier alpha value is -1.39. The molecule has 4 heteroatoms. The molecule has 0 saturated carbocycles. The molecule has 1 atom stereocenters. The van der Waals surface area contributed by atoms with E-state index in [-0.39, 0.29) is 16.0 Å². The zero-order valence-corrected chi connectivity index (χ0v) is 14.7. The van der Waals surface area contributed by atoms with Gasteiger partial charge in [0.05, 0.1) is 17.6 Å². The van der Waals surface area contributed by atoms with Crippen LogP contribution >= 0.6 is 23.5 Å². The number of esters is 1. The van der Waals surface area contributed by atoms with Gasteiger partial charge in [0.1, 0.15) is 0 Å². The van der Waals surface area contributed by atoms with Crippen molar-refractivity contribution in [2.75, 3.05) is 18.6 Å². The van der Waals surface area contributed by atoms with E-state index < -0.39 is 0 Å². The van der Waals surface area contributed by atoms with Gasteiger partial charge in [0.25, 0.3) is 0 Å². The summed E-state index contributed by atoms with van der Waals surface area (Å²) in [5.74, 6) is 2.15. The molecule has 1 aliphatic rings. The van der Waals surface area contributed by atoms with E-state index in [9.17, 15) is 4.79 Å². The van der Waals surface area contributed by atoms with Crippen molar-refractivity contribution >= 4 is 29.5 Å². The Kier molecular flexibility index (Phi) is 5.34. The Labute approximate surface area is 146 Å². The third-order valence-electron chi connectivity index (χ3n) is 4.15. The third-order valence-corrected chi connectivity index (χ3v) is 7.83. The van der Waals surface area contributed by atoms with E-state index >= 15 is 0 Å². The van der Waals surface area contributed by atoms with Gasteiger partial charge in [0, 0.05) is 17.4 Å². The molecule has 1 aliphatic heterocycles. The SMILES string of the molecule is COC(=O)C[C@@H](c1ccccc1)C1(c2ccccc2)SCCS1. The fraction of sp³-hybridized carbons (Fsp3) is 0.316. The van der Waals surface area contributed by atoms with E-state index in [1.807, 2.05) is 47.8 Å². The van der Waals surface area contributed by atoms with Crippen LogP contribution in [0.25, 0.3) is 0 Å². The van der Waals surface area contributed by atoms with E-state index in [4.69, 9.17) is 4.74 Å². The van der Waals surface area contributed by atoms with Crippen LogP contribution in [0.4, 0.5) is 0 Å². The molecule has 2 aromatic rings. The van der Waals surface area contributed by atoms with Crippen LogP contribution in [0.1, 0.15) is 23.5 Å². The van der Waals surface area contributed by atoms with Crippen molar-refractivity contribution < 1.29 is 9.53 Å². The van der Waals surface area contributed by atoms with Crippen molar-refractivity contribution in [3.8, 4) is 0 Å². The monoisotopic (exact) mass is 344 g/mol. The van der Waals surface area contributed by atoms with E-state index in [2.05, 4.69) is 36.4 Å². The topological polar surface area (TPSA) is 26.3 Å². The molecule has 3 rings (SSSR count). The lowest BCUT2D eigenvalue weighted by molar-refractivity contribution is -0.141. The van der Waals surface area contributed by atoms with Gasteiger partial charge in [-0.15, -0.1) is 23.5 Å². The Morgan fingerprint density at radius 2 is 1.61 bits per heavy atom. The van der Waals surface area contributed by atoms with Crippen molar-refractivity contribution in [1.29, 1.82) is 0 Å². The lowest BCUT2D eigenvalue weighted by Gasteiger charge is -2.36. The average Bonchev–Trinajstić information content (AvgIpc) is 3.11. The number of ether oxygens (including phenoxy) is 1. The van der Waals surface area contributed by atoms with Gasteiger partial charge >= 0.3 is 5.97 Å². The molecule has 0 N–H and O–H groups in total. The van der Waals surface area contributed by atoms with E-state index in [1.54, 1.807) is 0 Å². The summed E-state index contributed by atoms with van der Waals surface area (Å²) in [6.07, 6.45) is 0.398. The molecule has 0 radical (unpaired) electrons. The quantitative estimate of drug-likeness (QED) is 0.737. The molecular formula is C19H20O2S2. The van der Waals surface area contributed by atoms with Crippen LogP contribution in [-0.4, -0.2) is 24.6 Å². The van der Waals surface area contributed by atoms with Gasteiger partial charge < -0.3 is 4.74 Å². The molecule has 1 saturated heterocycles. The number of hydrogen-bond acceptors (Lipinski definition) is 4. The summed E-state index contributed by atoms with van der Waals surface area (Å²) in [6.45, 7) is 0. The molecule has 0 bridgehead atoms. The maximum atomic E-state index is 12.1. The minimum Gasteiger partial charge on any atom is -0.469 e. The predicted octanol–water partition coefficient (Wildman–Crippen LogP) is 4.67. The molecule has 2 aromatic carbocycles. The predicted molar refractivity (Wildman–Crippen MR) is 98.9 cm³/mol. The van der Waals surface area contributed by atoms with Gasteiger partial charge in [-0.2, -0.15) is 0 Å². The number of benzene rings is 2. The molecule has 23 heavy (non-hydrogen) atoms. The highest BCUT2D eigenvalue weighted by atomic mass is 32.2. The van der Waals surface area contributed by atoms with Crippen molar-refractivity contribution in [2.45, 2.75) is 16.4 Å². The zero-order valence-electron chi connectivity index (χ0n) is 13.1. The normalized spacial score (nSPS) is 17.6. The first-order valence-corrected chi connectivity index (χ1v) is 9.68. The van der Waals surface area contributed by atoms with Gasteiger partial charge in [0.15, 0.2) is 0 Å². The Balaban J connectivity index is 2.07. The highest BCUT2D eigenvalue weighted by Crippen LogP contribution is 2.60. The van der Waals surface area contributed by atoms with E-state index in [1.165, 1.54) is 18.2 Å². The summed E-state index contributed by atoms with van der Waals surface area (Å²) in [4.78, 5) is 12.1. The van der Waals surface area contributed by atoms with Gasteiger partial charge in [-0.25, -0.2) is 0 Å². The standard InChI is InChI=1S/C19H20O2S2/c1-21-18(20)14-17(15-8-4-2-5-9-15)19(22-12-13-23-19)16-10-6-3-7-11-16/h2-11,17H,12-14H2,1H3/t17-/m0/s1. The molecule has 0 unspecified atom stereocenters. The molecule has 1 fully saturated rings. The number of carbonyl (C=O) groups is 1. The summed E-state index contributed by atoms with van der Waals surface area (Å²) in [5, 5.41) is 0. The first kappa shape index (κ1) is 16.5. The van der Waals surface area contributed by atoms with Crippen LogP contribution in [0.2, 0.25) is 0 Å². The Morgan fingerprint density at radius 3 is 2.17 bits per heavy atom. The summed E-state index contributed by atoms with van der Waals surface area (Å²) < 4.78 is 4.86. The third kappa shape index (κ3) is 3.43. The highest BCUT2D eigenvalue weighted by molar-refractivity contribution is 8.20. The molecule has 0 amide bonds. The molecular weight excluding hydrogens is 324 g/mol. The maximum Gasteiger partial charge on any atom is 0.306 e. The van der Waals surface area contributed by atoms with Crippen molar-refractivity contribution in [3.63, 3.8) is 0 Å². The first-order valence-electron chi connectivity index (χ1n) is 7.71. The zero-order chi connectivity index (χ0) is 16.1. The largest absolute Gasteiger partial charge is 0.469 e. The lowest BCUT2D eigenvalue weighted by Crippen LogP contribution is -2.27. The smallest absolute Gasteiger partial charge is 0.306 e. The number of methoxy groups -OCH3 is 1. The fourth-order valence-corrected chi connectivity index (χ4v) is 6.63. The molecule has 0 spiro atoms. The number of hydrogen-bond donors (Lipinski definition) is 0. The van der Waals surface area contributed by atoms with Crippen LogP contribution < -0.4 is 0 Å². The van der Waals surface area contributed by atoms with Gasteiger partial charge in [-0.05, 0) is 11.1 Å². The van der Waals surface area contributed by atoms with Crippen LogP contribution in [-0.2, 0) is 13.6 Å². The van der Waals surface area contributed by atoms with Crippen molar-refractivity contribution in [3.05, 3.63) is 71.8 Å². The average molecular weight is 345 g/mol. The minimum atomic E-state index is -0.151. The Bertz CT molecular complexity index is 637. The Morgan fingerprint density at radius 1 is 1.04 bits per heavy atom. The van der Waals surface area contributed by atoms with E-state index in [0.717, 1.165) is 11.5 Å². The van der Waals surface area contributed by atoms with Gasteiger partial charge in [-0.1, -0.05) is 60.7 Å². The van der Waals surface area contributed by atoms with Crippen molar-refractivity contribution in [2.24, 2.45) is 0 Å². The van der Waals surface area contributed by atoms with Crippen molar-refractivity contribution in [1.82, 2.24) is 0 Å². The minimum absolute atomic E-state index is 0.0936. The lowest BCUT2D eigenvalue weighted by atomic mass is 9.88. The highest BCUT2D eigenvalue weighted by Gasteiger charge is 2.46. The second-order valence-corrected chi connectivity index (χ2v) is 8.41. The molecule has 1 heterocycles. The molecule has 0 aromatic heterocycles. The summed E-state index contributed by atoms with van der Waals surface area (Å²) in [7, 11) is 1.47. The molecule has 0 aliphatic carbocycles. The summed E-state index contributed by atoms with van der Waals surface area (Å²) >= 11 is 3.91. The molecule has 2 nitrogen and oxygen atoms in total. The van der Waals surface area contributed by atoms with Gasteiger partial charge in [-0.3, -0.25) is 4.79 Å². The maximum absolute atomic E-state index is 12.1. The van der Waals surface area contributed by atoms with Crippen LogP contribution in [0.3, 0.4) is 0 Å². The fourth-order valence-electron chi connectivity index (χ4n) is 3.07. The summed E-state index contributed by atoms with van der Waals surface area (Å²) in [5.41, 5.74) is 2.48. The first-order chi connectivity index (χ1) is 11.3. The number of rotatable bonds is 5. The second-order valence-electron chi connectivity index (χ2n) is 5.47. The van der Waals surface area contributed by atoms with Crippen LogP contribution in [0, 0.1) is 0 Å². The molecule has 120 valence electrons. The van der Waals surface area contributed by atoms with Crippen LogP contribution in [0.5, 0.6) is 0 Å². The summed E-state index contributed by atoms with van der Waals surface area (Å²) in [6, 6.07) is 20.9. The second kappa shape index (κ2) is 7.45. The van der Waals surface area contributed by atoms with E-state index in [0.29, 0.717) is 6.42 Å². The number of thioether (sulfide) groups is 2. The van der Waals surface area contributed by atoms with Crippen LogP contribution in [0.15, 0.2) is 60.7 Å². The van der Waals surface area contributed by atoms with Gasteiger partial charge in [0.2, 0.25) is 0 Å².